The molecule has 0 bridgehead atoms. The first kappa shape index (κ1) is 8.48. The van der Waals surface area contributed by atoms with E-state index in [0.29, 0.717) is 12.1 Å². The van der Waals surface area contributed by atoms with Gasteiger partial charge in [-0.15, -0.1) is 0 Å². The fourth-order valence-electron chi connectivity index (χ4n) is 2.07. The van der Waals surface area contributed by atoms with Crippen molar-refractivity contribution in [1.29, 1.82) is 0 Å². The second-order valence-corrected chi connectivity index (χ2v) is 3.98. The maximum absolute atomic E-state index is 5.32. The third-order valence-electron chi connectivity index (χ3n) is 2.79. The summed E-state index contributed by atoms with van der Waals surface area (Å²) in [5, 5.41) is 3.64. The molecule has 2 heterocycles. The first-order valence-corrected chi connectivity index (χ1v) is 4.87. The van der Waals surface area contributed by atoms with Gasteiger partial charge in [0, 0.05) is 25.2 Å². The maximum Gasteiger partial charge on any atom is 0.0620 e. The second-order valence-electron chi connectivity index (χ2n) is 3.98. The molecule has 0 spiro atoms. The lowest BCUT2D eigenvalue weighted by atomic mass is 10.2. The summed E-state index contributed by atoms with van der Waals surface area (Å²) in [5.74, 6) is 0. The van der Waals surface area contributed by atoms with Gasteiger partial charge >= 0.3 is 0 Å². The predicted molar refractivity (Wildman–Crippen MR) is 48.3 cm³/mol. The zero-order valence-corrected chi connectivity index (χ0v) is 7.75. The van der Waals surface area contributed by atoms with Crippen LogP contribution in [0.4, 0.5) is 0 Å². The molecule has 2 atom stereocenters. The van der Waals surface area contributed by atoms with Gasteiger partial charge in [-0.05, 0) is 26.4 Å². The zero-order valence-electron chi connectivity index (χ0n) is 7.75. The van der Waals surface area contributed by atoms with Crippen LogP contribution in [0.3, 0.4) is 0 Å². The lowest BCUT2D eigenvalue weighted by Gasteiger charge is -2.17. The number of rotatable bonds is 2. The smallest absolute Gasteiger partial charge is 0.0620 e. The molecule has 0 unspecified atom stereocenters. The van der Waals surface area contributed by atoms with Gasteiger partial charge in [0.15, 0.2) is 0 Å². The molecular weight excluding hydrogens is 152 g/mol. The van der Waals surface area contributed by atoms with Crippen LogP contribution in [0, 0.1) is 0 Å². The molecule has 2 aliphatic heterocycles. The van der Waals surface area contributed by atoms with Crippen LogP contribution in [-0.2, 0) is 4.74 Å². The van der Waals surface area contributed by atoms with E-state index in [4.69, 9.17) is 4.74 Å². The topological polar surface area (TPSA) is 24.5 Å². The molecular formula is C9H18N2O. The van der Waals surface area contributed by atoms with Gasteiger partial charge in [-0.3, -0.25) is 0 Å². The van der Waals surface area contributed by atoms with Gasteiger partial charge in [-0.2, -0.15) is 0 Å². The molecule has 0 aliphatic carbocycles. The first-order valence-electron chi connectivity index (χ1n) is 4.87. The van der Waals surface area contributed by atoms with Crippen molar-refractivity contribution in [1.82, 2.24) is 10.2 Å². The van der Waals surface area contributed by atoms with Crippen molar-refractivity contribution in [2.75, 3.05) is 33.4 Å². The van der Waals surface area contributed by atoms with Gasteiger partial charge in [-0.25, -0.2) is 0 Å². The number of nitrogens with one attached hydrogen (secondary N) is 1. The average molecular weight is 170 g/mol. The highest BCUT2D eigenvalue weighted by molar-refractivity contribution is 4.83. The van der Waals surface area contributed by atoms with Crippen molar-refractivity contribution in [3.8, 4) is 0 Å². The molecule has 70 valence electrons. The molecule has 3 nitrogen and oxygen atoms in total. The molecule has 1 N–H and O–H groups in total. The number of hydrogen-bond acceptors (Lipinski definition) is 3. The van der Waals surface area contributed by atoms with E-state index >= 15 is 0 Å². The van der Waals surface area contributed by atoms with Crippen LogP contribution in [0.5, 0.6) is 0 Å². The summed E-state index contributed by atoms with van der Waals surface area (Å²) in [5.41, 5.74) is 0. The Labute approximate surface area is 74.1 Å². The van der Waals surface area contributed by atoms with Crippen molar-refractivity contribution in [2.45, 2.75) is 24.9 Å². The van der Waals surface area contributed by atoms with Crippen molar-refractivity contribution in [3.05, 3.63) is 0 Å². The molecule has 0 aromatic carbocycles. The lowest BCUT2D eigenvalue weighted by molar-refractivity contribution is 0.188. The minimum atomic E-state index is 0.626. The highest BCUT2D eigenvalue weighted by Crippen LogP contribution is 2.10. The first-order chi connectivity index (χ1) is 5.84. The van der Waals surface area contributed by atoms with Crippen molar-refractivity contribution in [3.63, 3.8) is 0 Å². The second kappa shape index (κ2) is 3.73. The van der Waals surface area contributed by atoms with E-state index in [9.17, 15) is 0 Å². The molecule has 0 radical (unpaired) electrons. The Morgan fingerprint density at radius 3 is 2.83 bits per heavy atom. The van der Waals surface area contributed by atoms with Crippen LogP contribution in [0.15, 0.2) is 0 Å². The van der Waals surface area contributed by atoms with Crippen LogP contribution >= 0.6 is 0 Å². The highest BCUT2D eigenvalue weighted by atomic mass is 16.5. The predicted octanol–water partition coefficient (Wildman–Crippen LogP) is 0.0690. The Bertz CT molecular complexity index is 145. The quantitative estimate of drug-likeness (QED) is 0.634. The third-order valence-corrected chi connectivity index (χ3v) is 2.79. The van der Waals surface area contributed by atoms with Crippen LogP contribution in [0.1, 0.15) is 12.8 Å². The van der Waals surface area contributed by atoms with Crippen molar-refractivity contribution in [2.24, 2.45) is 0 Å². The molecule has 2 saturated heterocycles. The number of nitrogens with zero attached hydrogens (tertiary/aromatic N) is 1. The van der Waals surface area contributed by atoms with E-state index in [2.05, 4.69) is 17.3 Å². The van der Waals surface area contributed by atoms with Crippen LogP contribution in [-0.4, -0.2) is 50.3 Å². The standard InChI is InChI=1S/C9H18N2O/c1-11-4-2-8(6-11)10-9-3-5-12-7-9/h8-10H,2-7H2,1H3/t8-,9-/m1/s1. The van der Waals surface area contributed by atoms with Crippen LogP contribution in [0.2, 0.25) is 0 Å². The molecule has 0 aromatic heterocycles. The Hall–Kier alpha value is -0.120. The molecule has 12 heavy (non-hydrogen) atoms. The normalized spacial score (nSPS) is 37.8. The summed E-state index contributed by atoms with van der Waals surface area (Å²) >= 11 is 0. The Balaban J connectivity index is 1.72. The number of ether oxygens (including phenoxy) is 1. The Kier molecular flexibility index (Phi) is 2.63. The van der Waals surface area contributed by atoms with Gasteiger partial charge in [0.1, 0.15) is 0 Å². The van der Waals surface area contributed by atoms with Crippen LogP contribution in [0.25, 0.3) is 0 Å². The molecule has 0 amide bonds. The molecule has 2 rings (SSSR count). The summed E-state index contributed by atoms with van der Waals surface area (Å²) < 4.78 is 5.32. The van der Waals surface area contributed by atoms with Crippen LogP contribution < -0.4 is 5.32 Å². The summed E-state index contributed by atoms with van der Waals surface area (Å²) in [7, 11) is 2.19. The summed E-state index contributed by atoms with van der Waals surface area (Å²) in [6.07, 6.45) is 2.49. The van der Waals surface area contributed by atoms with Gasteiger partial charge in [0.25, 0.3) is 0 Å². The maximum atomic E-state index is 5.32. The van der Waals surface area contributed by atoms with Crippen molar-refractivity contribution < 1.29 is 4.74 Å². The number of hydrogen-bond donors (Lipinski definition) is 1. The summed E-state index contributed by atoms with van der Waals surface area (Å²) in [6.45, 7) is 4.31. The van der Waals surface area contributed by atoms with E-state index in [1.54, 1.807) is 0 Å². The average Bonchev–Trinajstić information content (AvgIpc) is 2.63. The fraction of sp³-hybridized carbons (Fsp3) is 1.00. The molecule has 2 aliphatic rings. The van der Waals surface area contributed by atoms with Gasteiger partial charge < -0.3 is 15.0 Å². The Morgan fingerprint density at radius 2 is 2.25 bits per heavy atom. The number of likely N-dealkylation sites (N-methyl/N-ethyl adjacent to an activating group) is 1. The van der Waals surface area contributed by atoms with Gasteiger partial charge in [0.05, 0.1) is 6.61 Å². The molecule has 0 saturated carbocycles. The van der Waals surface area contributed by atoms with E-state index in [0.717, 1.165) is 13.2 Å². The lowest BCUT2D eigenvalue weighted by Crippen LogP contribution is -2.39. The highest BCUT2D eigenvalue weighted by Gasteiger charge is 2.24. The number of likely N-dealkylation sites (tertiary alicyclic amines) is 1. The van der Waals surface area contributed by atoms with Crippen molar-refractivity contribution >= 4 is 0 Å². The van der Waals surface area contributed by atoms with Gasteiger partial charge in [-0.1, -0.05) is 0 Å². The Morgan fingerprint density at radius 1 is 1.33 bits per heavy atom. The van der Waals surface area contributed by atoms with E-state index in [1.807, 2.05) is 0 Å². The van der Waals surface area contributed by atoms with E-state index in [1.165, 1.54) is 25.9 Å². The molecule has 3 heteroatoms. The largest absolute Gasteiger partial charge is 0.380 e. The van der Waals surface area contributed by atoms with E-state index < -0.39 is 0 Å². The summed E-state index contributed by atoms with van der Waals surface area (Å²) in [4.78, 5) is 2.38. The third kappa shape index (κ3) is 1.97. The minimum Gasteiger partial charge on any atom is -0.380 e. The minimum absolute atomic E-state index is 0.626. The van der Waals surface area contributed by atoms with E-state index in [-0.39, 0.29) is 0 Å². The zero-order chi connectivity index (χ0) is 8.39. The van der Waals surface area contributed by atoms with Gasteiger partial charge in [0.2, 0.25) is 0 Å². The molecule has 2 fully saturated rings. The monoisotopic (exact) mass is 170 g/mol. The summed E-state index contributed by atoms with van der Waals surface area (Å²) in [6, 6.07) is 1.34. The SMILES string of the molecule is CN1CC[C@@H](N[C@@H]2CCOC2)C1. The molecule has 0 aromatic rings. The fourth-order valence-corrected chi connectivity index (χ4v) is 2.07.